The fourth-order valence-electron chi connectivity index (χ4n) is 3.95. The summed E-state index contributed by atoms with van der Waals surface area (Å²) in [5.41, 5.74) is 1.20. The maximum absolute atomic E-state index is 12.9. The van der Waals surface area contributed by atoms with Crippen LogP contribution in [-0.4, -0.2) is 56.9 Å². The van der Waals surface area contributed by atoms with Crippen molar-refractivity contribution in [2.45, 2.75) is 50.5 Å². The average Bonchev–Trinajstić information content (AvgIpc) is 3.22. The molecule has 9 heteroatoms. The number of anilines is 1. The zero-order chi connectivity index (χ0) is 21.0. The summed E-state index contributed by atoms with van der Waals surface area (Å²) < 4.78 is 32.5. The van der Waals surface area contributed by atoms with Gasteiger partial charge in [-0.2, -0.15) is 4.31 Å². The first-order valence-corrected chi connectivity index (χ1v) is 11.5. The van der Waals surface area contributed by atoms with Crippen molar-refractivity contribution in [2.24, 2.45) is 5.92 Å². The van der Waals surface area contributed by atoms with E-state index in [-0.39, 0.29) is 22.6 Å². The summed E-state index contributed by atoms with van der Waals surface area (Å²) in [7, 11) is -3.66. The van der Waals surface area contributed by atoms with Crippen molar-refractivity contribution in [2.75, 3.05) is 31.6 Å². The van der Waals surface area contributed by atoms with E-state index in [1.165, 1.54) is 17.3 Å². The Morgan fingerprint density at radius 3 is 2.45 bits per heavy atom. The third-order valence-electron chi connectivity index (χ3n) is 5.59. The smallest absolute Gasteiger partial charge is 0.247 e. The molecule has 0 aromatic heterocycles. The first-order chi connectivity index (χ1) is 13.8. The molecule has 1 unspecified atom stereocenters. The minimum atomic E-state index is -3.66. The molecule has 2 amide bonds. The van der Waals surface area contributed by atoms with Crippen molar-refractivity contribution in [1.82, 2.24) is 9.62 Å². The number of amides is 2. The van der Waals surface area contributed by atoms with E-state index in [0.29, 0.717) is 32.0 Å². The van der Waals surface area contributed by atoms with Gasteiger partial charge in [0.05, 0.1) is 18.1 Å². The van der Waals surface area contributed by atoms with Crippen molar-refractivity contribution in [3.8, 4) is 0 Å². The standard InChI is InChI=1S/C20H29N3O5S/c1-14-7-8-17(29(26,27)23-9-11-28-12-10-23)13-18(14)22-20(25)19(21-15(2)24)16-5-3-4-6-16/h7-8,13,16,19H,3-6,9-12H2,1-2H3,(H,21,24)(H,22,25). The highest BCUT2D eigenvalue weighted by Crippen LogP contribution is 2.29. The molecule has 1 aliphatic carbocycles. The predicted molar refractivity (Wildman–Crippen MR) is 109 cm³/mol. The maximum Gasteiger partial charge on any atom is 0.247 e. The van der Waals surface area contributed by atoms with Crippen molar-refractivity contribution >= 4 is 27.5 Å². The van der Waals surface area contributed by atoms with Crippen molar-refractivity contribution in [3.05, 3.63) is 23.8 Å². The Labute approximate surface area is 172 Å². The second-order valence-electron chi connectivity index (χ2n) is 7.71. The Hall–Kier alpha value is -1.97. The monoisotopic (exact) mass is 423 g/mol. The molecule has 2 N–H and O–H groups in total. The second kappa shape index (κ2) is 9.23. The van der Waals surface area contributed by atoms with Gasteiger partial charge in [-0.05, 0) is 43.4 Å². The van der Waals surface area contributed by atoms with Gasteiger partial charge in [-0.1, -0.05) is 18.9 Å². The van der Waals surface area contributed by atoms with E-state index in [1.807, 2.05) is 6.92 Å². The normalized spacial score (nSPS) is 19.7. The van der Waals surface area contributed by atoms with Crippen LogP contribution in [0.2, 0.25) is 0 Å². The molecule has 1 atom stereocenters. The lowest BCUT2D eigenvalue weighted by atomic mass is 9.97. The Morgan fingerprint density at radius 1 is 1.17 bits per heavy atom. The highest BCUT2D eigenvalue weighted by Gasteiger charge is 2.32. The minimum Gasteiger partial charge on any atom is -0.379 e. The number of ether oxygens (including phenoxy) is 1. The van der Waals surface area contributed by atoms with Gasteiger partial charge in [0.1, 0.15) is 6.04 Å². The molecule has 1 aromatic rings. The van der Waals surface area contributed by atoms with Crippen molar-refractivity contribution in [3.63, 3.8) is 0 Å². The molecule has 160 valence electrons. The number of nitrogens with zero attached hydrogens (tertiary/aromatic N) is 1. The zero-order valence-electron chi connectivity index (χ0n) is 16.9. The maximum atomic E-state index is 12.9. The van der Waals surface area contributed by atoms with Crippen LogP contribution in [0.4, 0.5) is 5.69 Å². The van der Waals surface area contributed by atoms with E-state index in [4.69, 9.17) is 4.74 Å². The fourth-order valence-corrected chi connectivity index (χ4v) is 5.38. The number of hydrogen-bond donors (Lipinski definition) is 2. The first kappa shape index (κ1) is 21.7. The quantitative estimate of drug-likeness (QED) is 0.724. The minimum absolute atomic E-state index is 0.0967. The van der Waals surface area contributed by atoms with Crippen LogP contribution in [0.5, 0.6) is 0 Å². The summed E-state index contributed by atoms with van der Waals surface area (Å²) in [5.74, 6) is -0.465. The highest BCUT2D eigenvalue weighted by atomic mass is 32.2. The summed E-state index contributed by atoms with van der Waals surface area (Å²) >= 11 is 0. The third kappa shape index (κ3) is 5.15. The number of carbonyl (C=O) groups is 2. The summed E-state index contributed by atoms with van der Waals surface area (Å²) in [4.78, 5) is 24.7. The second-order valence-corrected chi connectivity index (χ2v) is 9.64. The van der Waals surface area contributed by atoms with Crippen molar-refractivity contribution < 1.29 is 22.7 Å². The van der Waals surface area contributed by atoms with Crippen LogP contribution in [-0.2, 0) is 24.3 Å². The average molecular weight is 424 g/mol. The summed E-state index contributed by atoms with van der Waals surface area (Å²) in [6, 6.07) is 4.12. The van der Waals surface area contributed by atoms with Crippen LogP contribution in [0.15, 0.2) is 23.1 Å². The number of morpholine rings is 1. The molecule has 2 aliphatic rings. The first-order valence-electron chi connectivity index (χ1n) is 10.1. The van der Waals surface area contributed by atoms with Gasteiger partial charge in [-0.3, -0.25) is 9.59 Å². The number of sulfonamides is 1. The molecule has 3 rings (SSSR count). The number of aryl methyl sites for hydroxylation is 1. The number of rotatable bonds is 6. The van der Waals surface area contributed by atoms with Gasteiger partial charge in [-0.15, -0.1) is 0 Å². The molecule has 0 bridgehead atoms. The highest BCUT2D eigenvalue weighted by molar-refractivity contribution is 7.89. The third-order valence-corrected chi connectivity index (χ3v) is 7.48. The summed E-state index contributed by atoms with van der Waals surface area (Å²) in [5, 5.41) is 5.61. The van der Waals surface area contributed by atoms with E-state index in [0.717, 1.165) is 31.2 Å². The Morgan fingerprint density at radius 2 is 1.83 bits per heavy atom. The van der Waals surface area contributed by atoms with Gasteiger partial charge < -0.3 is 15.4 Å². The van der Waals surface area contributed by atoms with Gasteiger partial charge in [-0.25, -0.2) is 8.42 Å². The number of carbonyl (C=O) groups excluding carboxylic acids is 2. The molecular weight excluding hydrogens is 394 g/mol. The van der Waals surface area contributed by atoms with E-state index in [9.17, 15) is 18.0 Å². The van der Waals surface area contributed by atoms with Gasteiger partial charge in [0.25, 0.3) is 0 Å². The molecule has 1 aromatic carbocycles. The molecule has 1 heterocycles. The molecule has 1 saturated heterocycles. The number of hydrogen-bond acceptors (Lipinski definition) is 5. The SMILES string of the molecule is CC(=O)NC(C(=O)Nc1cc(S(=O)(=O)N2CCOCC2)ccc1C)C1CCCC1. The largest absolute Gasteiger partial charge is 0.379 e. The summed E-state index contributed by atoms with van der Waals surface area (Å²) in [6.45, 7) is 4.57. The van der Waals surface area contributed by atoms with Crippen LogP contribution in [0.1, 0.15) is 38.2 Å². The number of nitrogens with one attached hydrogen (secondary N) is 2. The molecule has 1 aliphatic heterocycles. The van der Waals surface area contributed by atoms with Crippen LogP contribution < -0.4 is 10.6 Å². The lowest BCUT2D eigenvalue weighted by Gasteiger charge is -2.27. The topological polar surface area (TPSA) is 105 Å². The number of benzene rings is 1. The molecule has 1 saturated carbocycles. The molecule has 29 heavy (non-hydrogen) atoms. The Balaban J connectivity index is 1.81. The lowest BCUT2D eigenvalue weighted by Crippen LogP contribution is -2.47. The van der Waals surface area contributed by atoms with Crippen LogP contribution in [0.25, 0.3) is 0 Å². The Kier molecular flexibility index (Phi) is 6.92. The van der Waals surface area contributed by atoms with E-state index in [1.54, 1.807) is 12.1 Å². The Bertz CT molecular complexity index is 859. The molecule has 2 fully saturated rings. The molecule has 0 spiro atoms. The zero-order valence-corrected chi connectivity index (χ0v) is 17.8. The molecular formula is C20H29N3O5S. The van der Waals surface area contributed by atoms with E-state index < -0.39 is 16.1 Å². The van der Waals surface area contributed by atoms with Gasteiger partial charge in [0, 0.05) is 25.7 Å². The van der Waals surface area contributed by atoms with Gasteiger partial charge in [0.15, 0.2) is 0 Å². The van der Waals surface area contributed by atoms with Crippen LogP contribution in [0.3, 0.4) is 0 Å². The predicted octanol–water partition coefficient (Wildman–Crippen LogP) is 1.65. The van der Waals surface area contributed by atoms with Gasteiger partial charge >= 0.3 is 0 Å². The van der Waals surface area contributed by atoms with E-state index >= 15 is 0 Å². The fraction of sp³-hybridized carbons (Fsp3) is 0.600. The van der Waals surface area contributed by atoms with Crippen molar-refractivity contribution in [1.29, 1.82) is 0 Å². The van der Waals surface area contributed by atoms with Gasteiger partial charge in [0.2, 0.25) is 21.8 Å². The summed E-state index contributed by atoms with van der Waals surface area (Å²) in [6.07, 6.45) is 3.87. The molecule has 0 radical (unpaired) electrons. The van der Waals surface area contributed by atoms with E-state index in [2.05, 4.69) is 10.6 Å². The van der Waals surface area contributed by atoms with Crippen LogP contribution >= 0.6 is 0 Å². The molecule has 8 nitrogen and oxygen atoms in total. The van der Waals surface area contributed by atoms with Crippen LogP contribution in [0, 0.1) is 12.8 Å². The lowest BCUT2D eigenvalue weighted by molar-refractivity contribution is -0.126.